The second-order valence-electron chi connectivity index (χ2n) is 6.47. The van der Waals surface area contributed by atoms with Crippen molar-refractivity contribution in [3.8, 4) is 0 Å². The van der Waals surface area contributed by atoms with Crippen molar-refractivity contribution < 1.29 is 19.6 Å². The van der Waals surface area contributed by atoms with E-state index in [1.165, 1.54) is 30.3 Å². The lowest BCUT2D eigenvalue weighted by molar-refractivity contribution is -0.384. The fourth-order valence-corrected chi connectivity index (χ4v) is 2.77. The number of nitro benzene ring substituents is 1. The van der Waals surface area contributed by atoms with Gasteiger partial charge in [0.2, 0.25) is 0 Å². The monoisotopic (exact) mass is 382 g/mol. The van der Waals surface area contributed by atoms with E-state index in [0.29, 0.717) is 18.5 Å². The van der Waals surface area contributed by atoms with Crippen molar-refractivity contribution in [2.45, 2.75) is 19.4 Å². The summed E-state index contributed by atoms with van der Waals surface area (Å²) in [5.74, 6) is -1.83. The Bertz CT molecular complexity index is 877. The van der Waals surface area contributed by atoms with Crippen molar-refractivity contribution in [3.05, 3.63) is 81.4 Å². The lowest BCUT2D eigenvalue weighted by atomic mass is 10.0. The van der Waals surface area contributed by atoms with E-state index in [-0.39, 0.29) is 17.7 Å². The van der Waals surface area contributed by atoms with Crippen LogP contribution in [0.25, 0.3) is 6.08 Å². The highest BCUT2D eigenvalue weighted by Crippen LogP contribution is 2.17. The minimum Gasteiger partial charge on any atom is -0.478 e. The molecule has 1 N–H and O–H groups in total. The summed E-state index contributed by atoms with van der Waals surface area (Å²) < 4.78 is 0. The Kier molecular flexibility index (Phi) is 7.59. The first-order valence-electron chi connectivity index (χ1n) is 8.82. The van der Waals surface area contributed by atoms with Crippen molar-refractivity contribution in [1.29, 1.82) is 0 Å². The molecule has 2 rings (SSSR count). The van der Waals surface area contributed by atoms with E-state index in [0.717, 1.165) is 12.1 Å². The molecule has 2 aromatic carbocycles. The number of carbonyl (C=O) groups is 2. The minimum absolute atomic E-state index is 0.0895. The second-order valence-corrected chi connectivity index (χ2v) is 6.47. The van der Waals surface area contributed by atoms with Gasteiger partial charge in [-0.1, -0.05) is 42.5 Å². The zero-order valence-corrected chi connectivity index (χ0v) is 15.6. The lowest BCUT2D eigenvalue weighted by Crippen LogP contribution is -2.20. The molecule has 0 radical (unpaired) electrons. The zero-order valence-electron chi connectivity index (χ0n) is 15.6. The Morgan fingerprint density at radius 3 is 2.50 bits per heavy atom. The van der Waals surface area contributed by atoms with E-state index in [4.69, 9.17) is 0 Å². The molecule has 0 aromatic heterocycles. The molecular formula is C21H22N2O5. The maximum Gasteiger partial charge on any atom is 0.339 e. The number of nitro groups is 1. The maximum atomic E-state index is 12.3. The highest BCUT2D eigenvalue weighted by molar-refractivity contribution is 6.20. The topological polar surface area (TPSA) is 101 Å². The van der Waals surface area contributed by atoms with Gasteiger partial charge in [-0.2, -0.15) is 0 Å². The molecule has 0 fully saturated rings. The molecule has 0 aliphatic carbocycles. The molecule has 0 atom stereocenters. The number of hydrogen-bond acceptors (Lipinski definition) is 5. The molecule has 0 aliphatic heterocycles. The van der Waals surface area contributed by atoms with Crippen molar-refractivity contribution in [1.82, 2.24) is 4.90 Å². The van der Waals surface area contributed by atoms with Crippen molar-refractivity contribution in [3.63, 3.8) is 0 Å². The minimum atomic E-state index is -1.34. The average molecular weight is 382 g/mol. The van der Waals surface area contributed by atoms with Gasteiger partial charge in [0.15, 0.2) is 5.78 Å². The molecule has 0 saturated heterocycles. The van der Waals surface area contributed by atoms with Gasteiger partial charge in [-0.15, -0.1) is 0 Å². The Balaban J connectivity index is 1.96. The summed E-state index contributed by atoms with van der Waals surface area (Å²) >= 11 is 0. The Morgan fingerprint density at radius 1 is 1.14 bits per heavy atom. The molecule has 28 heavy (non-hydrogen) atoms. The van der Waals surface area contributed by atoms with E-state index in [2.05, 4.69) is 4.90 Å². The summed E-state index contributed by atoms with van der Waals surface area (Å²) in [6, 6.07) is 15.4. The fraction of sp³-hybridized carbons (Fsp3) is 0.238. The predicted molar refractivity (Wildman–Crippen MR) is 106 cm³/mol. The number of aliphatic carboxylic acids is 1. The number of hydrogen-bond donors (Lipinski definition) is 1. The lowest BCUT2D eigenvalue weighted by Gasteiger charge is -2.16. The van der Waals surface area contributed by atoms with Crippen molar-refractivity contribution in [2.75, 3.05) is 13.6 Å². The number of nitrogens with zero attached hydrogens (tertiary/aromatic N) is 2. The standard InChI is InChI=1S/C21H22N2O5/c1-22(15-16-7-3-2-4-8-16)12-6-11-20(24)19(21(25)26)14-17-9-5-10-18(13-17)23(27)28/h2-5,7-10,13-14H,6,11-12,15H2,1H3,(H,25,26). The summed E-state index contributed by atoms with van der Waals surface area (Å²) in [6.07, 6.45) is 1.79. The number of ketones is 1. The van der Waals surface area contributed by atoms with Crippen molar-refractivity contribution in [2.24, 2.45) is 0 Å². The quantitative estimate of drug-likeness (QED) is 0.222. The Labute approximate surface area is 163 Å². The van der Waals surface area contributed by atoms with Gasteiger partial charge in [0, 0.05) is 25.1 Å². The normalized spacial score (nSPS) is 11.4. The molecule has 146 valence electrons. The van der Waals surface area contributed by atoms with E-state index in [1.54, 1.807) is 0 Å². The third-order valence-electron chi connectivity index (χ3n) is 4.16. The Hall–Kier alpha value is -3.32. The van der Waals surface area contributed by atoms with Gasteiger partial charge in [-0.25, -0.2) is 4.79 Å². The van der Waals surface area contributed by atoms with Crippen LogP contribution in [0.2, 0.25) is 0 Å². The number of carboxylic acids is 1. The largest absolute Gasteiger partial charge is 0.478 e. The van der Waals surface area contributed by atoms with Gasteiger partial charge < -0.3 is 10.0 Å². The van der Waals surface area contributed by atoms with E-state index in [1.807, 2.05) is 37.4 Å². The third-order valence-corrected chi connectivity index (χ3v) is 4.16. The second kappa shape index (κ2) is 10.1. The summed E-state index contributed by atoms with van der Waals surface area (Å²) in [5.41, 5.74) is 0.939. The number of carbonyl (C=O) groups excluding carboxylic acids is 1. The molecule has 0 amide bonds. The third kappa shape index (κ3) is 6.44. The van der Waals surface area contributed by atoms with Crippen LogP contribution in [0, 0.1) is 10.1 Å². The van der Waals surface area contributed by atoms with E-state index in [9.17, 15) is 24.8 Å². The fourth-order valence-electron chi connectivity index (χ4n) is 2.77. The van der Waals surface area contributed by atoms with Crippen molar-refractivity contribution >= 4 is 23.5 Å². The summed E-state index contributed by atoms with van der Waals surface area (Å²) in [5, 5.41) is 20.2. The number of carboxylic acid groups (broad SMARTS) is 1. The predicted octanol–water partition coefficient (Wildman–Crippen LogP) is 3.54. The van der Waals surface area contributed by atoms with Gasteiger partial charge in [0.1, 0.15) is 5.57 Å². The summed E-state index contributed by atoms with van der Waals surface area (Å²) in [7, 11) is 1.94. The Morgan fingerprint density at radius 2 is 1.86 bits per heavy atom. The molecule has 0 aliphatic rings. The summed E-state index contributed by atoms with van der Waals surface area (Å²) in [4.78, 5) is 36.2. The maximum absolute atomic E-state index is 12.3. The average Bonchev–Trinajstić information content (AvgIpc) is 2.66. The van der Waals surface area contributed by atoms with Crippen LogP contribution < -0.4 is 0 Å². The first-order valence-corrected chi connectivity index (χ1v) is 8.82. The van der Waals surface area contributed by atoms with Crippen LogP contribution in [0.3, 0.4) is 0 Å². The van der Waals surface area contributed by atoms with E-state index >= 15 is 0 Å². The first kappa shape index (κ1) is 21.0. The van der Waals surface area contributed by atoms with Crippen LogP contribution in [0.4, 0.5) is 5.69 Å². The highest BCUT2D eigenvalue weighted by Gasteiger charge is 2.18. The molecule has 7 nitrogen and oxygen atoms in total. The molecule has 0 bridgehead atoms. The number of Topliss-reactive ketones (excluding diaryl/α,β-unsaturated/α-hetero) is 1. The van der Waals surface area contributed by atoms with Crippen LogP contribution in [-0.2, 0) is 16.1 Å². The summed E-state index contributed by atoms with van der Waals surface area (Å²) in [6.45, 7) is 1.38. The van der Waals surface area contributed by atoms with Crippen LogP contribution in [0.15, 0.2) is 60.2 Å². The molecule has 0 spiro atoms. The van der Waals surface area contributed by atoms with Gasteiger partial charge >= 0.3 is 5.97 Å². The molecule has 0 heterocycles. The zero-order chi connectivity index (χ0) is 20.5. The molecule has 0 unspecified atom stereocenters. The smallest absolute Gasteiger partial charge is 0.339 e. The van der Waals surface area contributed by atoms with Crippen LogP contribution >= 0.6 is 0 Å². The van der Waals surface area contributed by atoms with Gasteiger partial charge in [0.05, 0.1) is 4.92 Å². The highest BCUT2D eigenvalue weighted by atomic mass is 16.6. The van der Waals surface area contributed by atoms with Crippen LogP contribution in [0.5, 0.6) is 0 Å². The molecule has 7 heteroatoms. The van der Waals surface area contributed by atoms with Crippen LogP contribution in [-0.4, -0.2) is 40.3 Å². The number of benzene rings is 2. The van der Waals surface area contributed by atoms with Crippen LogP contribution in [0.1, 0.15) is 24.0 Å². The first-order chi connectivity index (χ1) is 13.4. The molecule has 2 aromatic rings. The van der Waals surface area contributed by atoms with Gasteiger partial charge in [-0.05, 0) is 37.2 Å². The van der Waals surface area contributed by atoms with Gasteiger partial charge in [-0.3, -0.25) is 14.9 Å². The SMILES string of the molecule is CN(CCCC(=O)C(=Cc1cccc([N+](=O)[O-])c1)C(=O)O)Cc1ccccc1. The van der Waals surface area contributed by atoms with Gasteiger partial charge in [0.25, 0.3) is 5.69 Å². The number of rotatable bonds is 10. The number of non-ortho nitro benzene ring substituents is 1. The molecular weight excluding hydrogens is 360 g/mol. The van der Waals surface area contributed by atoms with E-state index < -0.39 is 16.7 Å². The molecule has 0 saturated carbocycles.